The van der Waals surface area contributed by atoms with Gasteiger partial charge in [-0.1, -0.05) is 0 Å². The molecule has 1 aromatic rings. The highest BCUT2D eigenvalue weighted by molar-refractivity contribution is 5.92. The predicted octanol–water partition coefficient (Wildman–Crippen LogP) is 0.455. The van der Waals surface area contributed by atoms with Crippen LogP contribution in [0.3, 0.4) is 0 Å². The van der Waals surface area contributed by atoms with E-state index in [2.05, 4.69) is 27.2 Å². The molecule has 0 aliphatic carbocycles. The standard InChI is InChI=1S/C15H23N5O2/c1-19-4-2-3-12(11-19)17-14-10-16-9-13(18-14)15(21)20-5-7-22-8-6-20/h9-10,12H,2-8,11H2,1H3,(H,17,18). The number of rotatable bonds is 3. The Hall–Kier alpha value is -1.73. The third-order valence-electron chi connectivity index (χ3n) is 4.13. The van der Waals surface area contributed by atoms with Gasteiger partial charge < -0.3 is 19.9 Å². The fraction of sp³-hybridized carbons (Fsp3) is 0.667. The molecule has 0 bridgehead atoms. The summed E-state index contributed by atoms with van der Waals surface area (Å²) < 4.78 is 5.27. The van der Waals surface area contributed by atoms with Gasteiger partial charge >= 0.3 is 0 Å². The van der Waals surface area contributed by atoms with Crippen LogP contribution in [0.1, 0.15) is 23.3 Å². The van der Waals surface area contributed by atoms with E-state index in [-0.39, 0.29) is 5.91 Å². The van der Waals surface area contributed by atoms with Crippen LogP contribution in [0.2, 0.25) is 0 Å². The lowest BCUT2D eigenvalue weighted by atomic mass is 10.1. The monoisotopic (exact) mass is 305 g/mol. The molecule has 1 aromatic heterocycles. The van der Waals surface area contributed by atoms with Crippen molar-refractivity contribution in [3.8, 4) is 0 Å². The first-order chi connectivity index (χ1) is 10.7. The van der Waals surface area contributed by atoms with Gasteiger partial charge in [0.25, 0.3) is 5.91 Å². The highest BCUT2D eigenvalue weighted by Crippen LogP contribution is 2.14. The molecule has 2 saturated heterocycles. The Balaban J connectivity index is 1.65. The zero-order chi connectivity index (χ0) is 15.4. The van der Waals surface area contributed by atoms with E-state index in [1.807, 2.05) is 0 Å². The van der Waals surface area contributed by atoms with Crippen molar-refractivity contribution in [1.82, 2.24) is 19.8 Å². The SMILES string of the molecule is CN1CCCC(Nc2cncc(C(=O)N3CCOCC3)n2)C1. The number of anilines is 1. The van der Waals surface area contributed by atoms with Crippen LogP contribution < -0.4 is 5.32 Å². The molecular weight excluding hydrogens is 282 g/mol. The number of likely N-dealkylation sites (tertiary alicyclic amines) is 1. The summed E-state index contributed by atoms with van der Waals surface area (Å²) in [6, 6.07) is 0.363. The van der Waals surface area contributed by atoms with Crippen molar-refractivity contribution < 1.29 is 9.53 Å². The van der Waals surface area contributed by atoms with Crippen molar-refractivity contribution in [2.75, 3.05) is 51.8 Å². The maximum atomic E-state index is 12.4. The van der Waals surface area contributed by atoms with Crippen molar-refractivity contribution in [3.63, 3.8) is 0 Å². The van der Waals surface area contributed by atoms with E-state index in [0.717, 1.165) is 19.5 Å². The molecule has 3 heterocycles. The third-order valence-corrected chi connectivity index (χ3v) is 4.13. The summed E-state index contributed by atoms with van der Waals surface area (Å²) in [5.41, 5.74) is 0.399. The number of morpholine rings is 1. The Kier molecular flexibility index (Phi) is 4.84. The van der Waals surface area contributed by atoms with E-state index >= 15 is 0 Å². The van der Waals surface area contributed by atoms with E-state index in [4.69, 9.17) is 4.74 Å². The van der Waals surface area contributed by atoms with Gasteiger partial charge in [0.05, 0.1) is 25.6 Å². The lowest BCUT2D eigenvalue weighted by Gasteiger charge is -2.30. The van der Waals surface area contributed by atoms with E-state index in [9.17, 15) is 4.79 Å². The summed E-state index contributed by atoms with van der Waals surface area (Å²) in [5.74, 6) is 0.611. The van der Waals surface area contributed by atoms with Gasteiger partial charge in [-0.05, 0) is 26.4 Å². The topological polar surface area (TPSA) is 70.6 Å². The lowest BCUT2D eigenvalue weighted by molar-refractivity contribution is 0.0299. The van der Waals surface area contributed by atoms with E-state index < -0.39 is 0 Å². The zero-order valence-corrected chi connectivity index (χ0v) is 13.0. The quantitative estimate of drug-likeness (QED) is 0.874. The molecule has 1 unspecified atom stereocenters. The highest BCUT2D eigenvalue weighted by Gasteiger charge is 2.21. The lowest BCUT2D eigenvalue weighted by Crippen LogP contribution is -2.41. The minimum atomic E-state index is -0.0692. The normalized spacial score (nSPS) is 23.3. The Morgan fingerprint density at radius 1 is 1.32 bits per heavy atom. The first-order valence-electron chi connectivity index (χ1n) is 7.86. The smallest absolute Gasteiger partial charge is 0.274 e. The molecule has 22 heavy (non-hydrogen) atoms. The second kappa shape index (κ2) is 7.02. The molecule has 1 atom stereocenters. The van der Waals surface area contributed by atoms with Crippen molar-refractivity contribution >= 4 is 11.7 Å². The maximum absolute atomic E-state index is 12.4. The number of carbonyl (C=O) groups is 1. The molecule has 1 N–H and O–H groups in total. The third kappa shape index (κ3) is 3.72. The summed E-state index contributed by atoms with van der Waals surface area (Å²) in [5, 5.41) is 3.40. The molecule has 7 heteroatoms. The number of amides is 1. The first-order valence-corrected chi connectivity index (χ1v) is 7.86. The van der Waals surface area contributed by atoms with Crippen molar-refractivity contribution in [3.05, 3.63) is 18.1 Å². The molecular formula is C15H23N5O2. The Bertz CT molecular complexity index is 518. The highest BCUT2D eigenvalue weighted by atomic mass is 16.5. The molecule has 120 valence electrons. The van der Waals surface area contributed by atoms with Gasteiger partial charge in [0, 0.05) is 25.7 Å². The predicted molar refractivity (Wildman–Crippen MR) is 82.9 cm³/mol. The number of nitrogens with zero attached hydrogens (tertiary/aromatic N) is 4. The maximum Gasteiger partial charge on any atom is 0.274 e. The Morgan fingerprint density at radius 2 is 2.14 bits per heavy atom. The summed E-state index contributed by atoms with van der Waals surface area (Å²) in [6.45, 7) is 4.54. The second-order valence-corrected chi connectivity index (χ2v) is 5.94. The fourth-order valence-corrected chi connectivity index (χ4v) is 2.96. The van der Waals surface area contributed by atoms with Crippen LogP contribution in [0, 0.1) is 0 Å². The number of nitrogens with one attached hydrogen (secondary N) is 1. The van der Waals surface area contributed by atoms with Gasteiger partial charge in [-0.2, -0.15) is 0 Å². The minimum Gasteiger partial charge on any atom is -0.378 e. The molecule has 0 aromatic carbocycles. The Labute approximate surface area is 130 Å². The summed E-state index contributed by atoms with van der Waals surface area (Å²) in [4.78, 5) is 25.1. The van der Waals surface area contributed by atoms with Gasteiger partial charge in [0.1, 0.15) is 11.5 Å². The molecule has 2 fully saturated rings. The van der Waals surface area contributed by atoms with E-state index in [1.165, 1.54) is 12.6 Å². The number of carbonyl (C=O) groups excluding carboxylic acids is 1. The van der Waals surface area contributed by atoms with Crippen molar-refractivity contribution in [2.24, 2.45) is 0 Å². The van der Waals surface area contributed by atoms with Crippen LogP contribution in [0.15, 0.2) is 12.4 Å². The van der Waals surface area contributed by atoms with Crippen molar-refractivity contribution in [1.29, 1.82) is 0 Å². The van der Waals surface area contributed by atoms with Crippen LogP contribution in [-0.2, 0) is 4.74 Å². The fourth-order valence-electron chi connectivity index (χ4n) is 2.96. The van der Waals surface area contributed by atoms with Gasteiger partial charge in [-0.15, -0.1) is 0 Å². The molecule has 2 aliphatic rings. The summed E-state index contributed by atoms with van der Waals surface area (Å²) >= 11 is 0. The molecule has 0 spiro atoms. The number of hydrogen-bond donors (Lipinski definition) is 1. The number of likely N-dealkylation sites (N-methyl/N-ethyl adjacent to an activating group) is 1. The Morgan fingerprint density at radius 3 is 2.91 bits per heavy atom. The number of aromatic nitrogens is 2. The summed E-state index contributed by atoms with van der Waals surface area (Å²) in [7, 11) is 2.12. The van der Waals surface area contributed by atoms with Crippen LogP contribution in [0.4, 0.5) is 5.82 Å². The van der Waals surface area contributed by atoms with Crippen LogP contribution >= 0.6 is 0 Å². The molecule has 1 amide bonds. The average Bonchev–Trinajstić information content (AvgIpc) is 2.55. The summed E-state index contributed by atoms with van der Waals surface area (Å²) in [6.07, 6.45) is 5.52. The zero-order valence-electron chi connectivity index (χ0n) is 13.0. The van der Waals surface area contributed by atoms with Crippen molar-refractivity contribution in [2.45, 2.75) is 18.9 Å². The van der Waals surface area contributed by atoms with E-state index in [1.54, 1.807) is 11.1 Å². The van der Waals surface area contributed by atoms with Gasteiger partial charge in [0.2, 0.25) is 0 Å². The average molecular weight is 305 g/mol. The number of ether oxygens (including phenoxy) is 1. The van der Waals surface area contributed by atoms with Crippen LogP contribution in [0.25, 0.3) is 0 Å². The van der Waals surface area contributed by atoms with Gasteiger partial charge in [-0.3, -0.25) is 9.78 Å². The van der Waals surface area contributed by atoms with Gasteiger partial charge in [-0.25, -0.2) is 4.98 Å². The number of piperidine rings is 1. The van der Waals surface area contributed by atoms with Gasteiger partial charge in [0.15, 0.2) is 0 Å². The molecule has 2 aliphatic heterocycles. The van der Waals surface area contributed by atoms with Crippen LogP contribution in [0.5, 0.6) is 0 Å². The molecule has 0 radical (unpaired) electrons. The second-order valence-electron chi connectivity index (χ2n) is 5.94. The molecule has 3 rings (SSSR count). The van der Waals surface area contributed by atoms with Crippen LogP contribution in [-0.4, -0.2) is 78.2 Å². The largest absolute Gasteiger partial charge is 0.378 e. The molecule has 7 nitrogen and oxygen atoms in total. The first kappa shape index (κ1) is 15.2. The number of hydrogen-bond acceptors (Lipinski definition) is 6. The molecule has 0 saturated carbocycles. The minimum absolute atomic E-state index is 0.0692. The van der Waals surface area contributed by atoms with E-state index in [0.29, 0.717) is 43.9 Å².